The van der Waals surface area contributed by atoms with Crippen molar-refractivity contribution >= 4 is 23.2 Å². The monoisotopic (exact) mass is 266 g/mol. The van der Waals surface area contributed by atoms with Crippen LogP contribution in [0, 0.1) is 6.92 Å². The van der Waals surface area contributed by atoms with Gasteiger partial charge in [0, 0.05) is 17.3 Å². The fourth-order valence-corrected chi connectivity index (χ4v) is 1.56. The van der Waals surface area contributed by atoms with E-state index in [1.807, 2.05) is 32.9 Å². The van der Waals surface area contributed by atoms with Gasteiger partial charge in [0.2, 0.25) is 5.91 Å². The lowest BCUT2D eigenvalue weighted by atomic mass is 10.2. The van der Waals surface area contributed by atoms with E-state index in [2.05, 4.69) is 10.6 Å². The Kier molecular flexibility index (Phi) is 5.89. The van der Waals surface area contributed by atoms with Gasteiger partial charge in [-0.25, -0.2) is 0 Å². The first-order valence-corrected chi connectivity index (χ1v) is 6.27. The number of allylic oxidation sites excluding steroid dienone is 1. The summed E-state index contributed by atoms with van der Waals surface area (Å²) in [6, 6.07) is 5.44. The third kappa shape index (κ3) is 5.34. The maximum absolute atomic E-state index is 11.7. The van der Waals surface area contributed by atoms with Gasteiger partial charge in [-0.15, -0.1) is 0 Å². The standard InChI is InChI=1S/C14H19ClN2O/c1-10(2)6-7-16-9-14(18)17-13-8-12(15)5-4-11(13)3/h4-6,8,16H,7,9H2,1-3H3,(H,17,18). The second-order valence-electron chi connectivity index (χ2n) is 4.42. The lowest BCUT2D eigenvalue weighted by Crippen LogP contribution is -2.28. The lowest BCUT2D eigenvalue weighted by Gasteiger charge is -2.09. The van der Waals surface area contributed by atoms with E-state index >= 15 is 0 Å². The number of anilines is 1. The summed E-state index contributed by atoms with van der Waals surface area (Å²) in [4.78, 5) is 11.7. The first-order chi connectivity index (χ1) is 8.49. The predicted molar refractivity (Wildman–Crippen MR) is 77.1 cm³/mol. The van der Waals surface area contributed by atoms with E-state index in [-0.39, 0.29) is 12.5 Å². The Bertz CT molecular complexity index is 451. The minimum atomic E-state index is -0.0671. The zero-order chi connectivity index (χ0) is 13.5. The van der Waals surface area contributed by atoms with Gasteiger partial charge in [0.05, 0.1) is 6.54 Å². The van der Waals surface area contributed by atoms with E-state index in [0.29, 0.717) is 11.6 Å². The number of nitrogens with one attached hydrogen (secondary N) is 2. The Labute approximate surface area is 113 Å². The van der Waals surface area contributed by atoms with Crippen LogP contribution in [-0.4, -0.2) is 19.0 Å². The van der Waals surface area contributed by atoms with Gasteiger partial charge in [-0.1, -0.05) is 29.3 Å². The molecule has 0 radical (unpaired) electrons. The summed E-state index contributed by atoms with van der Waals surface area (Å²) in [5, 5.41) is 6.50. The highest BCUT2D eigenvalue weighted by Gasteiger charge is 2.04. The number of carbonyl (C=O) groups excluding carboxylic acids is 1. The van der Waals surface area contributed by atoms with Gasteiger partial charge in [0.1, 0.15) is 0 Å². The van der Waals surface area contributed by atoms with E-state index in [1.165, 1.54) is 5.57 Å². The molecule has 0 fully saturated rings. The smallest absolute Gasteiger partial charge is 0.238 e. The molecule has 0 aliphatic heterocycles. The molecule has 3 nitrogen and oxygen atoms in total. The molecular formula is C14H19ClN2O. The average molecular weight is 267 g/mol. The molecule has 0 saturated carbocycles. The van der Waals surface area contributed by atoms with Crippen LogP contribution in [0.1, 0.15) is 19.4 Å². The number of carbonyl (C=O) groups is 1. The minimum Gasteiger partial charge on any atom is -0.325 e. The largest absolute Gasteiger partial charge is 0.325 e. The van der Waals surface area contributed by atoms with Crippen LogP contribution in [0.25, 0.3) is 0 Å². The van der Waals surface area contributed by atoms with Gasteiger partial charge in [0.15, 0.2) is 0 Å². The topological polar surface area (TPSA) is 41.1 Å². The Morgan fingerprint density at radius 2 is 2.11 bits per heavy atom. The van der Waals surface area contributed by atoms with Crippen LogP contribution in [0.15, 0.2) is 29.8 Å². The average Bonchev–Trinajstić information content (AvgIpc) is 2.29. The first-order valence-electron chi connectivity index (χ1n) is 5.89. The van der Waals surface area contributed by atoms with Crippen molar-refractivity contribution in [2.24, 2.45) is 0 Å². The van der Waals surface area contributed by atoms with E-state index in [1.54, 1.807) is 12.1 Å². The van der Waals surface area contributed by atoms with Crippen molar-refractivity contribution < 1.29 is 4.79 Å². The second kappa shape index (κ2) is 7.19. The molecule has 0 aliphatic rings. The molecule has 1 aromatic rings. The molecule has 0 spiro atoms. The van der Waals surface area contributed by atoms with Crippen molar-refractivity contribution in [3.05, 3.63) is 40.4 Å². The molecule has 18 heavy (non-hydrogen) atoms. The molecule has 0 saturated heterocycles. The Morgan fingerprint density at radius 3 is 2.78 bits per heavy atom. The summed E-state index contributed by atoms with van der Waals surface area (Å²) in [6.45, 7) is 6.97. The third-order valence-electron chi connectivity index (χ3n) is 2.41. The summed E-state index contributed by atoms with van der Waals surface area (Å²) >= 11 is 5.89. The number of halogens is 1. The summed E-state index contributed by atoms with van der Waals surface area (Å²) < 4.78 is 0. The molecule has 0 aliphatic carbocycles. The van der Waals surface area contributed by atoms with Crippen molar-refractivity contribution in [1.82, 2.24) is 5.32 Å². The fourth-order valence-electron chi connectivity index (χ4n) is 1.39. The van der Waals surface area contributed by atoms with Crippen LogP contribution in [-0.2, 0) is 4.79 Å². The van der Waals surface area contributed by atoms with E-state index in [9.17, 15) is 4.79 Å². The summed E-state index contributed by atoms with van der Waals surface area (Å²) in [7, 11) is 0. The molecule has 0 unspecified atom stereocenters. The number of amides is 1. The van der Waals surface area contributed by atoms with Crippen molar-refractivity contribution in [1.29, 1.82) is 0 Å². The van der Waals surface area contributed by atoms with Crippen molar-refractivity contribution in [2.45, 2.75) is 20.8 Å². The highest BCUT2D eigenvalue weighted by molar-refractivity contribution is 6.31. The van der Waals surface area contributed by atoms with Gasteiger partial charge in [-0.05, 0) is 38.5 Å². The molecule has 0 aromatic heterocycles. The molecular weight excluding hydrogens is 248 g/mol. The first kappa shape index (κ1) is 14.7. The van der Waals surface area contributed by atoms with Gasteiger partial charge in [-0.3, -0.25) is 4.79 Å². The fraction of sp³-hybridized carbons (Fsp3) is 0.357. The Morgan fingerprint density at radius 1 is 1.39 bits per heavy atom. The summed E-state index contributed by atoms with van der Waals surface area (Å²) in [5.74, 6) is -0.0671. The van der Waals surface area contributed by atoms with Crippen LogP contribution in [0.4, 0.5) is 5.69 Å². The quantitative estimate of drug-likeness (QED) is 0.635. The zero-order valence-electron chi connectivity index (χ0n) is 11.0. The number of benzene rings is 1. The highest BCUT2D eigenvalue weighted by atomic mass is 35.5. The molecule has 0 bridgehead atoms. The molecule has 2 N–H and O–H groups in total. The summed E-state index contributed by atoms with van der Waals surface area (Å²) in [6.07, 6.45) is 2.04. The maximum Gasteiger partial charge on any atom is 0.238 e. The molecule has 1 aromatic carbocycles. The second-order valence-corrected chi connectivity index (χ2v) is 4.86. The Balaban J connectivity index is 2.45. The van der Waals surface area contributed by atoms with Crippen LogP contribution >= 0.6 is 11.6 Å². The highest BCUT2D eigenvalue weighted by Crippen LogP contribution is 2.19. The van der Waals surface area contributed by atoms with E-state index in [4.69, 9.17) is 11.6 Å². The van der Waals surface area contributed by atoms with Gasteiger partial charge < -0.3 is 10.6 Å². The summed E-state index contributed by atoms with van der Waals surface area (Å²) in [5.41, 5.74) is 2.99. The lowest BCUT2D eigenvalue weighted by molar-refractivity contribution is -0.115. The molecule has 1 rings (SSSR count). The third-order valence-corrected chi connectivity index (χ3v) is 2.65. The van der Waals surface area contributed by atoms with E-state index in [0.717, 1.165) is 11.3 Å². The molecule has 1 amide bonds. The molecule has 0 heterocycles. The van der Waals surface area contributed by atoms with E-state index < -0.39 is 0 Å². The van der Waals surface area contributed by atoms with Crippen LogP contribution in [0.2, 0.25) is 5.02 Å². The van der Waals surface area contributed by atoms with Gasteiger partial charge in [0.25, 0.3) is 0 Å². The van der Waals surface area contributed by atoms with Crippen LogP contribution in [0.3, 0.4) is 0 Å². The van der Waals surface area contributed by atoms with Crippen molar-refractivity contribution in [2.75, 3.05) is 18.4 Å². The van der Waals surface area contributed by atoms with Gasteiger partial charge >= 0.3 is 0 Å². The van der Waals surface area contributed by atoms with Crippen LogP contribution in [0.5, 0.6) is 0 Å². The SMILES string of the molecule is CC(C)=CCNCC(=O)Nc1cc(Cl)ccc1C. The number of aryl methyl sites for hydroxylation is 1. The minimum absolute atomic E-state index is 0.0671. The van der Waals surface area contributed by atoms with Gasteiger partial charge in [-0.2, -0.15) is 0 Å². The van der Waals surface area contributed by atoms with Crippen LogP contribution < -0.4 is 10.6 Å². The zero-order valence-corrected chi connectivity index (χ0v) is 11.8. The van der Waals surface area contributed by atoms with Crippen molar-refractivity contribution in [3.63, 3.8) is 0 Å². The maximum atomic E-state index is 11.7. The van der Waals surface area contributed by atoms with Crippen molar-refractivity contribution in [3.8, 4) is 0 Å². The molecule has 0 atom stereocenters. The number of hydrogen-bond donors (Lipinski definition) is 2. The normalized spacial score (nSPS) is 10.0. The number of hydrogen-bond acceptors (Lipinski definition) is 2. The Hall–Kier alpha value is -1.32. The number of rotatable bonds is 5. The molecule has 98 valence electrons. The molecule has 4 heteroatoms. The predicted octanol–water partition coefficient (Wildman–Crippen LogP) is 3.14.